The molecule has 4 heterocycles. The predicted molar refractivity (Wildman–Crippen MR) is 124 cm³/mol. The summed E-state index contributed by atoms with van der Waals surface area (Å²) in [4.78, 5) is 11.7. The monoisotopic (exact) mass is 445 g/mol. The minimum absolute atomic E-state index is 0.298. The Kier molecular flexibility index (Phi) is 6.14. The summed E-state index contributed by atoms with van der Waals surface area (Å²) >= 11 is 0. The number of rotatable bonds is 7. The van der Waals surface area contributed by atoms with Gasteiger partial charge in [-0.15, -0.1) is 0 Å². The van der Waals surface area contributed by atoms with Gasteiger partial charge < -0.3 is 14.4 Å². The third-order valence-corrected chi connectivity index (χ3v) is 5.48. The van der Waals surface area contributed by atoms with Crippen molar-refractivity contribution in [3.63, 3.8) is 0 Å². The van der Waals surface area contributed by atoms with Crippen LogP contribution in [0.3, 0.4) is 0 Å². The zero-order valence-electron chi connectivity index (χ0n) is 18.9. The van der Waals surface area contributed by atoms with Gasteiger partial charge in [0, 0.05) is 49.7 Å². The Morgan fingerprint density at radius 3 is 2.67 bits per heavy atom. The van der Waals surface area contributed by atoms with E-state index in [0.29, 0.717) is 38.1 Å². The van der Waals surface area contributed by atoms with Gasteiger partial charge in [-0.05, 0) is 19.1 Å². The lowest BCUT2D eigenvalue weighted by Crippen LogP contribution is -2.37. The van der Waals surface area contributed by atoms with Crippen LogP contribution in [0.1, 0.15) is 17.0 Å². The summed E-state index contributed by atoms with van der Waals surface area (Å²) in [6.45, 7) is 5.79. The van der Waals surface area contributed by atoms with E-state index in [1.165, 1.54) is 5.56 Å². The number of aromatic nitrogens is 6. The molecule has 0 amide bonds. The number of nitrogens with zero attached hydrogens (tertiary/aromatic N) is 7. The van der Waals surface area contributed by atoms with Crippen LogP contribution in [0.5, 0.6) is 0 Å². The lowest BCUT2D eigenvalue weighted by molar-refractivity contribution is 0.101. The number of benzene rings is 1. The van der Waals surface area contributed by atoms with E-state index in [1.54, 1.807) is 15.6 Å². The van der Waals surface area contributed by atoms with Gasteiger partial charge in [0.15, 0.2) is 11.6 Å². The van der Waals surface area contributed by atoms with E-state index in [4.69, 9.17) is 24.5 Å². The van der Waals surface area contributed by atoms with E-state index in [1.807, 2.05) is 37.6 Å². The highest BCUT2D eigenvalue weighted by atomic mass is 16.5. The van der Waals surface area contributed by atoms with Crippen molar-refractivity contribution in [2.75, 3.05) is 31.2 Å². The van der Waals surface area contributed by atoms with Crippen LogP contribution < -0.4 is 4.90 Å². The molecule has 1 aliphatic heterocycles. The molecule has 9 nitrogen and oxygen atoms in total. The second kappa shape index (κ2) is 9.51. The molecule has 0 spiro atoms. The number of hydrogen-bond donors (Lipinski definition) is 0. The Balaban J connectivity index is 1.41. The summed E-state index contributed by atoms with van der Waals surface area (Å²) < 4.78 is 15.0. The third kappa shape index (κ3) is 5.10. The molecule has 0 aliphatic carbocycles. The quantitative estimate of drug-likeness (QED) is 0.432. The number of anilines is 1. The van der Waals surface area contributed by atoms with Gasteiger partial charge in [-0.3, -0.25) is 4.68 Å². The first-order valence-corrected chi connectivity index (χ1v) is 11.0. The van der Waals surface area contributed by atoms with E-state index >= 15 is 0 Å². The van der Waals surface area contributed by atoms with Crippen LogP contribution >= 0.6 is 0 Å². The van der Waals surface area contributed by atoms with E-state index in [-0.39, 0.29) is 0 Å². The molecule has 1 saturated heterocycles. The molecule has 1 aromatic carbocycles. The molecular weight excluding hydrogens is 418 g/mol. The fourth-order valence-electron chi connectivity index (χ4n) is 3.82. The van der Waals surface area contributed by atoms with Crippen molar-refractivity contribution in [2.45, 2.75) is 20.1 Å². The molecule has 0 bridgehead atoms. The van der Waals surface area contributed by atoms with Crippen LogP contribution in [-0.4, -0.2) is 55.8 Å². The number of morpholine rings is 1. The van der Waals surface area contributed by atoms with Crippen LogP contribution in [0, 0.1) is 6.92 Å². The maximum atomic E-state index is 5.89. The van der Waals surface area contributed by atoms with Crippen LogP contribution in [0.4, 0.5) is 5.82 Å². The summed E-state index contributed by atoms with van der Waals surface area (Å²) in [6, 6.07) is 12.3. The molecule has 1 aliphatic rings. The lowest BCUT2D eigenvalue weighted by Gasteiger charge is -2.28. The van der Waals surface area contributed by atoms with Crippen molar-refractivity contribution in [1.82, 2.24) is 29.5 Å². The van der Waals surface area contributed by atoms with Gasteiger partial charge in [-0.25, -0.2) is 14.6 Å². The predicted octanol–water partition coefficient (Wildman–Crippen LogP) is 2.92. The molecule has 33 heavy (non-hydrogen) atoms. The van der Waals surface area contributed by atoms with Gasteiger partial charge in [0.05, 0.1) is 31.7 Å². The van der Waals surface area contributed by atoms with Gasteiger partial charge >= 0.3 is 0 Å². The largest absolute Gasteiger partial charge is 0.378 e. The maximum Gasteiger partial charge on any atom is 0.159 e. The summed E-state index contributed by atoms with van der Waals surface area (Å²) in [7, 11) is 1.89. The molecule has 0 radical (unpaired) electrons. The molecule has 4 aromatic rings. The molecule has 0 saturated carbocycles. The van der Waals surface area contributed by atoms with E-state index < -0.39 is 0 Å². The SMILES string of the molecule is Cc1cccc(-c2ccn(-c3cc(N4CCOCC4)nc(COCc4cnn(C)c4)n3)n2)c1. The molecule has 170 valence electrons. The summed E-state index contributed by atoms with van der Waals surface area (Å²) in [5, 5.41) is 8.96. The maximum absolute atomic E-state index is 5.89. The zero-order chi connectivity index (χ0) is 22.6. The molecule has 5 rings (SSSR count). The van der Waals surface area contributed by atoms with Crippen molar-refractivity contribution in [3.8, 4) is 17.1 Å². The van der Waals surface area contributed by atoms with Crippen molar-refractivity contribution in [3.05, 3.63) is 71.9 Å². The third-order valence-electron chi connectivity index (χ3n) is 5.48. The van der Waals surface area contributed by atoms with E-state index in [9.17, 15) is 0 Å². The number of ether oxygens (including phenoxy) is 2. The fraction of sp³-hybridized carbons (Fsp3) is 0.333. The smallest absolute Gasteiger partial charge is 0.159 e. The van der Waals surface area contributed by atoms with Gasteiger partial charge in [0.25, 0.3) is 0 Å². The van der Waals surface area contributed by atoms with Gasteiger partial charge in [-0.1, -0.05) is 23.8 Å². The lowest BCUT2D eigenvalue weighted by atomic mass is 10.1. The summed E-state index contributed by atoms with van der Waals surface area (Å²) in [5.41, 5.74) is 4.19. The fourth-order valence-corrected chi connectivity index (χ4v) is 3.82. The van der Waals surface area contributed by atoms with Crippen molar-refractivity contribution in [2.24, 2.45) is 7.05 Å². The molecule has 1 fully saturated rings. The molecule has 0 atom stereocenters. The zero-order valence-corrected chi connectivity index (χ0v) is 18.9. The average Bonchev–Trinajstić information content (AvgIpc) is 3.49. The Hall–Kier alpha value is -3.56. The Bertz CT molecular complexity index is 1230. The second-order valence-electron chi connectivity index (χ2n) is 8.13. The van der Waals surface area contributed by atoms with Gasteiger partial charge in [0.2, 0.25) is 0 Å². The van der Waals surface area contributed by atoms with Crippen molar-refractivity contribution in [1.29, 1.82) is 0 Å². The standard InChI is InChI=1S/C24H27N7O2/c1-18-4-3-5-20(12-18)21-6-7-31(28-21)24-13-23(30-8-10-32-11-9-30)26-22(27-24)17-33-16-19-14-25-29(2)15-19/h3-7,12-15H,8-11,16-17H2,1-2H3. The Morgan fingerprint density at radius 2 is 1.88 bits per heavy atom. The molecule has 0 unspecified atom stereocenters. The summed E-state index contributed by atoms with van der Waals surface area (Å²) in [6.07, 6.45) is 5.67. The van der Waals surface area contributed by atoms with Crippen LogP contribution in [-0.2, 0) is 29.7 Å². The summed E-state index contributed by atoms with van der Waals surface area (Å²) in [5.74, 6) is 2.19. The highest BCUT2D eigenvalue weighted by Gasteiger charge is 2.16. The number of hydrogen-bond acceptors (Lipinski definition) is 7. The minimum atomic E-state index is 0.298. The van der Waals surface area contributed by atoms with Crippen molar-refractivity contribution < 1.29 is 9.47 Å². The first-order chi connectivity index (χ1) is 16.1. The van der Waals surface area contributed by atoms with Crippen molar-refractivity contribution >= 4 is 5.82 Å². The van der Waals surface area contributed by atoms with Crippen LogP contribution in [0.25, 0.3) is 17.1 Å². The highest BCUT2D eigenvalue weighted by molar-refractivity contribution is 5.60. The highest BCUT2D eigenvalue weighted by Crippen LogP contribution is 2.21. The normalized spacial score (nSPS) is 14.1. The molecular formula is C24H27N7O2. The topological polar surface area (TPSA) is 83.1 Å². The Morgan fingerprint density at radius 1 is 1.03 bits per heavy atom. The van der Waals surface area contributed by atoms with Crippen LogP contribution in [0.15, 0.2) is 55.0 Å². The first-order valence-electron chi connectivity index (χ1n) is 11.0. The first kappa shape index (κ1) is 21.3. The van der Waals surface area contributed by atoms with Gasteiger partial charge in [0.1, 0.15) is 12.4 Å². The number of aryl methyl sites for hydroxylation is 2. The molecule has 9 heteroatoms. The second-order valence-corrected chi connectivity index (χ2v) is 8.13. The van der Waals surface area contributed by atoms with E-state index in [2.05, 4.69) is 35.1 Å². The van der Waals surface area contributed by atoms with E-state index in [0.717, 1.165) is 35.7 Å². The minimum Gasteiger partial charge on any atom is -0.378 e. The Labute approximate surface area is 192 Å². The van der Waals surface area contributed by atoms with Crippen LogP contribution in [0.2, 0.25) is 0 Å². The average molecular weight is 446 g/mol. The molecule has 3 aromatic heterocycles. The van der Waals surface area contributed by atoms with Gasteiger partial charge in [-0.2, -0.15) is 10.2 Å². The molecule has 0 N–H and O–H groups in total.